The molecular formula is C28H34ClN5O3. The predicted octanol–water partition coefficient (Wildman–Crippen LogP) is 4.31. The second-order valence-electron chi connectivity index (χ2n) is 9.80. The molecule has 5 rings (SSSR count). The van der Waals surface area contributed by atoms with Gasteiger partial charge in [0.05, 0.1) is 5.69 Å². The van der Waals surface area contributed by atoms with Crippen LogP contribution in [0.3, 0.4) is 0 Å². The fourth-order valence-electron chi connectivity index (χ4n) is 4.84. The minimum Gasteiger partial charge on any atom is -0.491 e. The van der Waals surface area contributed by atoms with Gasteiger partial charge in [-0.25, -0.2) is 9.97 Å². The van der Waals surface area contributed by atoms with Gasteiger partial charge < -0.3 is 24.8 Å². The Balaban J connectivity index is 1.59. The van der Waals surface area contributed by atoms with Gasteiger partial charge in [-0.1, -0.05) is 11.6 Å². The van der Waals surface area contributed by atoms with Gasteiger partial charge in [0.2, 0.25) is 0 Å². The maximum Gasteiger partial charge on any atom is 0.162 e. The lowest BCUT2D eigenvalue weighted by molar-refractivity contribution is 0.0853. The van der Waals surface area contributed by atoms with Crippen LogP contribution in [-0.2, 0) is 4.74 Å². The van der Waals surface area contributed by atoms with E-state index in [0.717, 1.165) is 61.5 Å². The molecule has 196 valence electrons. The van der Waals surface area contributed by atoms with Crippen LogP contribution in [0.25, 0.3) is 22.6 Å². The van der Waals surface area contributed by atoms with Gasteiger partial charge >= 0.3 is 0 Å². The fourth-order valence-corrected chi connectivity index (χ4v) is 5.07. The summed E-state index contributed by atoms with van der Waals surface area (Å²) in [4.78, 5) is 16.8. The summed E-state index contributed by atoms with van der Waals surface area (Å²) in [5, 5.41) is 13.5. The maximum atomic E-state index is 10.1. The van der Waals surface area contributed by atoms with Crippen LogP contribution in [0.5, 0.6) is 5.75 Å². The normalized spacial score (nSPS) is 17.0. The number of likely N-dealkylation sites (N-methyl/N-ethyl adjacent to an activating group) is 1. The van der Waals surface area contributed by atoms with Gasteiger partial charge in [-0.15, -0.1) is 0 Å². The molecular weight excluding hydrogens is 490 g/mol. The van der Waals surface area contributed by atoms with E-state index >= 15 is 0 Å². The summed E-state index contributed by atoms with van der Waals surface area (Å²) in [5.74, 6) is 2.57. The zero-order valence-corrected chi connectivity index (χ0v) is 22.1. The minimum absolute atomic E-state index is 0.155. The molecule has 1 atom stereocenters. The Hall–Kier alpha value is -2.78. The predicted molar refractivity (Wildman–Crippen MR) is 145 cm³/mol. The number of aliphatic hydroxyl groups is 1. The maximum absolute atomic E-state index is 10.1. The van der Waals surface area contributed by atoms with Crippen molar-refractivity contribution >= 4 is 17.4 Å². The molecule has 2 aliphatic rings. The molecule has 0 amide bonds. The lowest BCUT2D eigenvalue weighted by Crippen LogP contribution is -2.38. The molecule has 9 heteroatoms. The first kappa shape index (κ1) is 25.9. The van der Waals surface area contributed by atoms with Gasteiger partial charge in [-0.2, -0.15) is 0 Å². The van der Waals surface area contributed by atoms with Gasteiger partial charge in [-0.3, -0.25) is 4.98 Å². The third-order valence-electron chi connectivity index (χ3n) is 6.95. The van der Waals surface area contributed by atoms with E-state index in [0.29, 0.717) is 35.1 Å². The number of nitrogens with zero attached hydrogens (tertiary/aromatic N) is 4. The Morgan fingerprint density at radius 3 is 2.57 bits per heavy atom. The molecule has 0 spiro atoms. The number of hydrogen-bond acceptors (Lipinski definition) is 8. The van der Waals surface area contributed by atoms with E-state index in [1.807, 2.05) is 24.3 Å². The van der Waals surface area contributed by atoms with Crippen molar-refractivity contribution in [3.05, 3.63) is 53.3 Å². The van der Waals surface area contributed by atoms with E-state index in [4.69, 9.17) is 31.0 Å². The van der Waals surface area contributed by atoms with E-state index in [-0.39, 0.29) is 6.61 Å². The zero-order chi connectivity index (χ0) is 25.8. The molecule has 0 radical (unpaired) electrons. The van der Waals surface area contributed by atoms with Gasteiger partial charge in [0.25, 0.3) is 0 Å². The average Bonchev–Trinajstić information content (AvgIpc) is 3.77. The molecule has 2 fully saturated rings. The molecule has 1 aliphatic heterocycles. The van der Waals surface area contributed by atoms with Gasteiger partial charge in [0, 0.05) is 67.0 Å². The van der Waals surface area contributed by atoms with Crippen LogP contribution in [0.15, 0.2) is 42.7 Å². The summed E-state index contributed by atoms with van der Waals surface area (Å²) < 4.78 is 11.5. The minimum atomic E-state index is -0.625. The van der Waals surface area contributed by atoms with Crippen LogP contribution in [0.1, 0.15) is 37.2 Å². The van der Waals surface area contributed by atoms with Gasteiger partial charge in [-0.05, 0) is 69.0 Å². The van der Waals surface area contributed by atoms with Crippen molar-refractivity contribution < 1.29 is 14.6 Å². The van der Waals surface area contributed by atoms with Crippen molar-refractivity contribution in [3.8, 4) is 28.4 Å². The van der Waals surface area contributed by atoms with Crippen molar-refractivity contribution in [2.24, 2.45) is 0 Å². The molecule has 8 nitrogen and oxygen atoms in total. The number of aromatic nitrogens is 3. The highest BCUT2D eigenvalue weighted by molar-refractivity contribution is 6.31. The van der Waals surface area contributed by atoms with Crippen molar-refractivity contribution in [2.45, 2.75) is 43.7 Å². The lowest BCUT2D eigenvalue weighted by atomic mass is 10.0. The standard InChI is InChI=1S/C28H34ClN5O3/c1-30-16-23(35)17-37-24-14-20(13-21(29)15-24)27-32-26(19-5-9-31-10-6-19)25(18-3-4-18)28(33-27)34(2)22-7-11-36-12-8-22/h5-6,9-10,13-15,18,22-23,30,35H,3-4,7-8,11-12,16-17H2,1-2H3. The van der Waals surface area contributed by atoms with Gasteiger partial charge in [0.15, 0.2) is 5.82 Å². The Labute approximate surface area is 223 Å². The average molecular weight is 524 g/mol. The molecule has 2 aromatic heterocycles. The summed E-state index contributed by atoms with van der Waals surface area (Å²) in [7, 11) is 3.93. The molecule has 1 saturated carbocycles. The van der Waals surface area contributed by atoms with Gasteiger partial charge in [0.1, 0.15) is 24.3 Å². The van der Waals surface area contributed by atoms with Crippen LogP contribution >= 0.6 is 11.6 Å². The first-order valence-corrected chi connectivity index (χ1v) is 13.3. The molecule has 37 heavy (non-hydrogen) atoms. The molecule has 1 unspecified atom stereocenters. The second kappa shape index (κ2) is 11.7. The highest BCUT2D eigenvalue weighted by atomic mass is 35.5. The summed E-state index contributed by atoms with van der Waals surface area (Å²) in [6.07, 6.45) is 7.19. The molecule has 1 aliphatic carbocycles. The highest BCUT2D eigenvalue weighted by Gasteiger charge is 2.34. The Morgan fingerprint density at radius 2 is 1.86 bits per heavy atom. The number of hydrogen-bond donors (Lipinski definition) is 2. The molecule has 2 N–H and O–H groups in total. The molecule has 3 aromatic rings. The molecule has 3 heterocycles. The zero-order valence-electron chi connectivity index (χ0n) is 21.4. The topological polar surface area (TPSA) is 92.6 Å². The smallest absolute Gasteiger partial charge is 0.162 e. The Kier molecular flexibility index (Phi) is 8.20. The summed E-state index contributed by atoms with van der Waals surface area (Å²) in [6, 6.07) is 9.86. The first-order valence-electron chi connectivity index (χ1n) is 12.9. The van der Waals surface area contributed by atoms with Crippen molar-refractivity contribution in [2.75, 3.05) is 45.4 Å². The van der Waals surface area contributed by atoms with E-state index in [1.54, 1.807) is 25.5 Å². The quantitative estimate of drug-likeness (QED) is 0.406. The van der Waals surface area contributed by atoms with E-state index < -0.39 is 6.10 Å². The third-order valence-corrected chi connectivity index (χ3v) is 7.17. The largest absolute Gasteiger partial charge is 0.491 e. The summed E-state index contributed by atoms with van der Waals surface area (Å²) >= 11 is 6.51. The number of halogens is 1. The number of pyridine rings is 1. The monoisotopic (exact) mass is 523 g/mol. The third kappa shape index (κ3) is 6.21. The second-order valence-corrected chi connectivity index (χ2v) is 10.2. The van der Waals surface area contributed by atoms with E-state index in [2.05, 4.69) is 22.2 Å². The number of anilines is 1. The van der Waals surface area contributed by atoms with Crippen LogP contribution in [0, 0.1) is 0 Å². The molecule has 1 saturated heterocycles. The van der Waals surface area contributed by atoms with Crippen LogP contribution in [-0.4, -0.2) is 72.7 Å². The number of benzene rings is 1. The van der Waals surface area contributed by atoms with Crippen molar-refractivity contribution in [3.63, 3.8) is 0 Å². The summed E-state index contributed by atoms with van der Waals surface area (Å²) in [5.41, 5.74) is 3.94. The SMILES string of the molecule is CNCC(O)COc1cc(Cl)cc(-c2nc(-c3ccncc3)c(C3CC3)c(N(C)C3CCOCC3)n2)c1. The van der Waals surface area contributed by atoms with Crippen LogP contribution in [0.2, 0.25) is 5.02 Å². The Bertz CT molecular complexity index is 1200. The number of ether oxygens (including phenoxy) is 2. The molecule has 0 bridgehead atoms. The van der Waals surface area contributed by atoms with E-state index in [1.165, 1.54) is 5.56 Å². The molecule has 1 aromatic carbocycles. The highest BCUT2D eigenvalue weighted by Crippen LogP contribution is 2.48. The van der Waals surface area contributed by atoms with Crippen LogP contribution < -0.4 is 15.0 Å². The number of nitrogens with one attached hydrogen (secondary N) is 1. The fraction of sp³-hybridized carbons (Fsp3) is 0.464. The number of aliphatic hydroxyl groups excluding tert-OH is 1. The van der Waals surface area contributed by atoms with Crippen molar-refractivity contribution in [1.29, 1.82) is 0 Å². The summed E-state index contributed by atoms with van der Waals surface area (Å²) in [6.45, 7) is 2.12. The Morgan fingerprint density at radius 1 is 1.11 bits per heavy atom. The number of rotatable bonds is 10. The first-order chi connectivity index (χ1) is 18.0. The van der Waals surface area contributed by atoms with E-state index in [9.17, 15) is 5.11 Å². The lowest BCUT2D eigenvalue weighted by Gasteiger charge is -2.34. The van der Waals surface area contributed by atoms with Crippen LogP contribution in [0.4, 0.5) is 5.82 Å². The van der Waals surface area contributed by atoms with Crippen molar-refractivity contribution in [1.82, 2.24) is 20.3 Å².